The van der Waals surface area contributed by atoms with Crippen LogP contribution in [0, 0.1) is 59.8 Å². The van der Waals surface area contributed by atoms with Crippen LogP contribution in [-0.4, -0.2) is 24.7 Å². The Bertz CT molecular complexity index is 2800. The minimum atomic E-state index is 0.307. The van der Waals surface area contributed by atoms with E-state index in [9.17, 15) is 5.26 Å². The van der Waals surface area contributed by atoms with E-state index in [4.69, 9.17) is 30.3 Å². The van der Waals surface area contributed by atoms with Crippen molar-refractivity contribution in [1.82, 2.24) is 24.7 Å². The Morgan fingerprint density at radius 2 is 1.39 bits per heavy atom. The Morgan fingerprint density at radius 3 is 2.05 bits per heavy atom. The van der Waals surface area contributed by atoms with Crippen LogP contribution in [0.5, 0.6) is 0 Å². The van der Waals surface area contributed by atoms with Crippen LogP contribution in [-0.2, 0) is 6.42 Å². The van der Waals surface area contributed by atoms with E-state index in [1.165, 1.54) is 28.0 Å². The number of nitrogens with zero attached hydrogens (tertiary/aromatic N) is 9. The van der Waals surface area contributed by atoms with E-state index in [0.29, 0.717) is 39.5 Å². The van der Waals surface area contributed by atoms with Gasteiger partial charge >= 0.3 is 0 Å². The van der Waals surface area contributed by atoms with Gasteiger partial charge in [0.15, 0.2) is 16.8 Å². The van der Waals surface area contributed by atoms with E-state index in [0.717, 1.165) is 65.6 Å². The zero-order valence-corrected chi connectivity index (χ0v) is 34.2. The fourth-order valence-electron chi connectivity index (χ4n) is 7.32. The predicted octanol–water partition coefficient (Wildman–Crippen LogP) is 12.7. The summed E-state index contributed by atoms with van der Waals surface area (Å²) >= 11 is 3.11. The maximum absolute atomic E-state index is 10.3. The minimum Gasteiger partial charge on any atom is -0.338 e. The fraction of sp³-hybridized carbons (Fsp3) is 0.205. The number of hydrogen-bond donors (Lipinski definition) is 1. The molecule has 4 aromatic heterocycles. The van der Waals surface area contributed by atoms with Gasteiger partial charge in [-0.15, -0.1) is 10.2 Å². The standard InChI is InChI=1S/C44H40N10S2/c1-9-31-21-25(3)18-26(4)38(31)49-41-39(50-51-42-32(23-45)30(8)52-54(42)44-47-34-15-11-13-17-36(34)56-44)27(5)22-37(48-41)53(40-28(6)19-24(2)20-29(40)7)43-46-33-14-10-12-16-35(33)55-43/h10-22H,9H2,1-8H3,(H,48,49). The van der Waals surface area contributed by atoms with Crippen LogP contribution in [0.2, 0.25) is 0 Å². The maximum Gasteiger partial charge on any atom is 0.213 e. The molecule has 1 N–H and O–H groups in total. The molecule has 4 heterocycles. The lowest BCUT2D eigenvalue weighted by Gasteiger charge is -2.27. The van der Waals surface area contributed by atoms with Crippen LogP contribution in [0.15, 0.2) is 89.1 Å². The lowest BCUT2D eigenvalue weighted by Crippen LogP contribution is -2.15. The summed E-state index contributed by atoms with van der Waals surface area (Å²) in [6, 6.07) is 29.2. The second-order valence-electron chi connectivity index (χ2n) is 14.1. The molecule has 0 aliphatic carbocycles. The fourth-order valence-corrected chi connectivity index (χ4v) is 9.22. The molecule has 0 aliphatic heterocycles. The van der Waals surface area contributed by atoms with Gasteiger partial charge in [-0.05, 0) is 113 Å². The molecule has 10 nitrogen and oxygen atoms in total. The highest BCUT2D eigenvalue weighted by Crippen LogP contribution is 2.45. The van der Waals surface area contributed by atoms with Gasteiger partial charge in [0.25, 0.3) is 0 Å². The van der Waals surface area contributed by atoms with Gasteiger partial charge in [0.1, 0.15) is 23.1 Å². The molecule has 8 rings (SSSR count). The maximum atomic E-state index is 10.3. The number of nitriles is 1. The molecule has 0 spiro atoms. The first kappa shape index (κ1) is 36.7. The quantitative estimate of drug-likeness (QED) is 0.145. The lowest BCUT2D eigenvalue weighted by molar-refractivity contribution is 0.848. The highest BCUT2D eigenvalue weighted by atomic mass is 32.1. The van der Waals surface area contributed by atoms with Crippen LogP contribution in [0.3, 0.4) is 0 Å². The molecule has 56 heavy (non-hydrogen) atoms. The normalized spacial score (nSPS) is 11.6. The second kappa shape index (κ2) is 14.7. The molecular weight excluding hydrogens is 733 g/mol. The predicted molar refractivity (Wildman–Crippen MR) is 230 cm³/mol. The molecule has 0 saturated heterocycles. The van der Waals surface area contributed by atoms with Crippen molar-refractivity contribution in [3.63, 3.8) is 0 Å². The van der Waals surface area contributed by atoms with Crippen LogP contribution >= 0.6 is 22.7 Å². The van der Waals surface area contributed by atoms with Gasteiger partial charge in [-0.1, -0.05) is 89.3 Å². The zero-order chi connectivity index (χ0) is 39.2. The molecular formula is C44H40N10S2. The molecule has 0 bridgehead atoms. The summed E-state index contributed by atoms with van der Waals surface area (Å²) in [5.74, 6) is 1.52. The third-order valence-corrected chi connectivity index (χ3v) is 11.8. The van der Waals surface area contributed by atoms with Crippen molar-refractivity contribution < 1.29 is 0 Å². The molecule has 0 atom stereocenters. The van der Waals surface area contributed by atoms with E-state index in [-0.39, 0.29) is 0 Å². The first-order chi connectivity index (χ1) is 27.0. The molecule has 0 radical (unpaired) electrons. The number of rotatable bonds is 9. The Hall–Kier alpha value is -6.29. The smallest absolute Gasteiger partial charge is 0.213 e. The van der Waals surface area contributed by atoms with Crippen LogP contribution in [0.1, 0.15) is 57.1 Å². The van der Waals surface area contributed by atoms with Gasteiger partial charge in [-0.3, -0.25) is 4.90 Å². The van der Waals surface area contributed by atoms with Crippen molar-refractivity contribution in [2.24, 2.45) is 10.2 Å². The summed E-state index contributed by atoms with van der Waals surface area (Å²) in [7, 11) is 0. The number of fused-ring (bicyclic) bond motifs is 2. The monoisotopic (exact) mass is 772 g/mol. The van der Waals surface area contributed by atoms with Crippen molar-refractivity contribution in [1.29, 1.82) is 5.26 Å². The Morgan fingerprint density at radius 1 is 0.750 bits per heavy atom. The SMILES string of the molecule is CCc1cc(C)cc(C)c1Nc1nc(N(c2nc3ccccc3s2)c2c(C)cc(C)cc2C)cc(C)c1N=Nc1c(C#N)c(C)nn1-c1nc2ccccc2s1. The Balaban J connectivity index is 1.35. The van der Waals surface area contributed by atoms with Crippen LogP contribution < -0.4 is 10.2 Å². The van der Waals surface area contributed by atoms with E-state index in [2.05, 4.69) is 88.2 Å². The van der Waals surface area contributed by atoms with Gasteiger partial charge in [-0.25, -0.2) is 15.0 Å². The molecule has 0 saturated carbocycles. The van der Waals surface area contributed by atoms with E-state index < -0.39 is 0 Å². The van der Waals surface area contributed by atoms with Crippen molar-refractivity contribution >= 4 is 82.8 Å². The number of nitrogens with one attached hydrogen (secondary N) is 1. The minimum absolute atomic E-state index is 0.307. The zero-order valence-electron chi connectivity index (χ0n) is 32.6. The van der Waals surface area contributed by atoms with Crippen LogP contribution in [0.25, 0.3) is 25.6 Å². The number of hydrogen-bond acceptors (Lipinski definition) is 11. The average Bonchev–Trinajstić information content (AvgIpc) is 3.88. The molecule has 12 heteroatoms. The third-order valence-electron chi connectivity index (χ3n) is 9.77. The first-order valence-electron chi connectivity index (χ1n) is 18.4. The molecule has 4 aromatic carbocycles. The highest BCUT2D eigenvalue weighted by molar-refractivity contribution is 7.22. The van der Waals surface area contributed by atoms with Gasteiger partial charge in [0.2, 0.25) is 5.13 Å². The summed E-state index contributed by atoms with van der Waals surface area (Å²) < 4.78 is 3.71. The van der Waals surface area contributed by atoms with Gasteiger partial charge < -0.3 is 5.32 Å². The molecule has 278 valence electrons. The summed E-state index contributed by atoms with van der Waals surface area (Å²) in [6.07, 6.45) is 0.826. The van der Waals surface area contributed by atoms with E-state index in [1.807, 2.05) is 55.5 Å². The van der Waals surface area contributed by atoms with Crippen LogP contribution in [0.4, 0.5) is 39.6 Å². The number of para-hydroxylation sites is 2. The van der Waals surface area contributed by atoms with Crippen molar-refractivity contribution in [3.05, 3.63) is 129 Å². The molecule has 0 amide bonds. The summed E-state index contributed by atoms with van der Waals surface area (Å²) in [5, 5.41) is 29.8. The lowest BCUT2D eigenvalue weighted by atomic mass is 10.0. The molecule has 0 fully saturated rings. The first-order valence-corrected chi connectivity index (χ1v) is 20.1. The summed E-state index contributed by atoms with van der Waals surface area (Å²) in [6.45, 7) is 16.6. The topological polar surface area (TPSA) is 120 Å². The number of pyridine rings is 1. The van der Waals surface area contributed by atoms with Crippen molar-refractivity contribution in [3.8, 4) is 11.2 Å². The number of thiazole rings is 2. The second-order valence-corrected chi connectivity index (χ2v) is 16.1. The number of aromatic nitrogens is 5. The number of anilines is 5. The Labute approximate surface area is 333 Å². The van der Waals surface area contributed by atoms with Gasteiger partial charge in [0.05, 0.1) is 31.8 Å². The van der Waals surface area contributed by atoms with Crippen molar-refractivity contribution in [2.75, 3.05) is 10.2 Å². The van der Waals surface area contributed by atoms with Gasteiger partial charge in [0, 0.05) is 5.69 Å². The summed E-state index contributed by atoms with van der Waals surface area (Å²) in [4.78, 5) is 17.5. The van der Waals surface area contributed by atoms with E-state index >= 15 is 0 Å². The molecule has 8 aromatic rings. The largest absolute Gasteiger partial charge is 0.338 e. The number of aryl methyl sites for hydroxylation is 8. The third kappa shape index (κ3) is 6.69. The molecule has 0 aliphatic rings. The molecule has 0 unspecified atom stereocenters. The number of benzene rings is 4. The summed E-state index contributed by atoms with van der Waals surface area (Å²) in [5.41, 5.74) is 12.9. The highest BCUT2D eigenvalue weighted by Gasteiger charge is 2.26. The van der Waals surface area contributed by atoms with E-state index in [1.54, 1.807) is 22.9 Å². The number of azo groups is 1. The van der Waals surface area contributed by atoms with Gasteiger partial charge in [-0.2, -0.15) is 15.0 Å². The average molecular weight is 773 g/mol. The Kier molecular flexibility index (Phi) is 9.66. The van der Waals surface area contributed by atoms with Crippen molar-refractivity contribution in [2.45, 2.75) is 61.8 Å².